The molecule has 3 aromatic heterocycles. The average molecular weight is 544 g/mol. The van der Waals surface area contributed by atoms with Crippen molar-refractivity contribution in [1.29, 1.82) is 0 Å². The number of carbonyl (C=O) groups is 1. The largest absolute Gasteiger partial charge is 0.381 e. The minimum absolute atomic E-state index is 0.0348. The SMILES string of the molecule is Nc1nn2cc(F)cnc2c1C(=O)Nc1cnccc1N1CCC(S(=O)(=O)N2CCN3CCC2CC3)CC1. The number of carbonyl (C=O) groups excluding carboxylic acids is 1. The van der Waals surface area contributed by atoms with E-state index in [4.69, 9.17) is 5.73 Å². The van der Waals surface area contributed by atoms with Gasteiger partial charge in [0.2, 0.25) is 10.0 Å². The van der Waals surface area contributed by atoms with Gasteiger partial charge < -0.3 is 20.9 Å². The predicted octanol–water partition coefficient (Wildman–Crippen LogP) is 1.18. The molecule has 2 bridgehead atoms. The molecule has 0 aliphatic carbocycles. The van der Waals surface area contributed by atoms with E-state index in [2.05, 4.69) is 30.2 Å². The van der Waals surface area contributed by atoms with E-state index >= 15 is 0 Å². The molecule has 7 heterocycles. The topological polar surface area (TPSA) is 142 Å². The maximum atomic E-state index is 13.6. The Balaban J connectivity index is 1.17. The molecule has 0 saturated carbocycles. The molecule has 7 rings (SSSR count). The fraction of sp³-hybridized carbons (Fsp3) is 0.500. The second-order valence-electron chi connectivity index (χ2n) is 10.1. The number of sulfonamides is 1. The van der Waals surface area contributed by atoms with E-state index in [9.17, 15) is 17.6 Å². The summed E-state index contributed by atoms with van der Waals surface area (Å²) in [5, 5.41) is 6.39. The molecular weight excluding hydrogens is 513 g/mol. The van der Waals surface area contributed by atoms with E-state index in [1.165, 1.54) is 6.20 Å². The van der Waals surface area contributed by atoms with Gasteiger partial charge in [-0.15, -0.1) is 5.10 Å². The van der Waals surface area contributed by atoms with Gasteiger partial charge in [-0.2, -0.15) is 4.31 Å². The van der Waals surface area contributed by atoms with Gasteiger partial charge in [0, 0.05) is 38.4 Å². The molecule has 4 saturated heterocycles. The Morgan fingerprint density at radius 2 is 1.82 bits per heavy atom. The molecule has 4 fully saturated rings. The number of fused-ring (bicyclic) bond motifs is 5. The van der Waals surface area contributed by atoms with E-state index in [-0.39, 0.29) is 23.1 Å². The fourth-order valence-electron chi connectivity index (χ4n) is 5.87. The molecule has 0 atom stereocenters. The monoisotopic (exact) mass is 543 g/mol. The third-order valence-corrected chi connectivity index (χ3v) is 10.3. The first kappa shape index (κ1) is 24.9. The molecule has 0 aromatic carbocycles. The van der Waals surface area contributed by atoms with E-state index in [1.807, 2.05) is 0 Å². The number of nitrogens with two attached hydrogens (primary N) is 1. The summed E-state index contributed by atoms with van der Waals surface area (Å²) in [4.78, 5) is 25.7. The highest BCUT2D eigenvalue weighted by atomic mass is 32.2. The Hall–Kier alpha value is -3.36. The van der Waals surface area contributed by atoms with E-state index < -0.39 is 27.0 Å². The summed E-state index contributed by atoms with van der Waals surface area (Å²) >= 11 is 0. The van der Waals surface area contributed by atoms with Crippen LogP contribution in [0.4, 0.5) is 21.6 Å². The Morgan fingerprint density at radius 3 is 2.58 bits per heavy atom. The van der Waals surface area contributed by atoms with Crippen molar-refractivity contribution in [2.24, 2.45) is 0 Å². The number of aromatic nitrogens is 4. The van der Waals surface area contributed by atoms with E-state index in [1.54, 1.807) is 16.6 Å². The number of hydrogen-bond donors (Lipinski definition) is 2. The van der Waals surface area contributed by atoms with Crippen LogP contribution in [0.5, 0.6) is 0 Å². The van der Waals surface area contributed by atoms with E-state index in [0.717, 1.165) is 55.1 Å². The van der Waals surface area contributed by atoms with Gasteiger partial charge in [0.05, 0.1) is 35.2 Å². The van der Waals surface area contributed by atoms with Gasteiger partial charge in [-0.05, 0) is 44.8 Å². The van der Waals surface area contributed by atoms with Gasteiger partial charge >= 0.3 is 0 Å². The van der Waals surface area contributed by atoms with Crippen molar-refractivity contribution in [2.75, 3.05) is 55.2 Å². The molecule has 202 valence electrons. The lowest BCUT2D eigenvalue weighted by Gasteiger charge is -2.38. The van der Waals surface area contributed by atoms with Crippen molar-refractivity contribution in [3.8, 4) is 0 Å². The third-order valence-electron chi connectivity index (χ3n) is 7.87. The number of nitrogens with zero attached hydrogens (tertiary/aromatic N) is 7. The maximum absolute atomic E-state index is 13.6. The molecule has 3 aromatic rings. The average Bonchev–Trinajstić information content (AvgIpc) is 3.05. The summed E-state index contributed by atoms with van der Waals surface area (Å²) in [7, 11) is -3.39. The number of hydrogen-bond acceptors (Lipinski definition) is 9. The highest BCUT2D eigenvalue weighted by Gasteiger charge is 2.41. The molecule has 38 heavy (non-hydrogen) atoms. The lowest BCUT2D eigenvalue weighted by Crippen LogP contribution is -2.49. The predicted molar refractivity (Wildman–Crippen MR) is 140 cm³/mol. The summed E-state index contributed by atoms with van der Waals surface area (Å²) < 4.78 is 43.6. The van der Waals surface area contributed by atoms with Crippen molar-refractivity contribution >= 4 is 38.8 Å². The normalized spacial score (nSPS) is 23.0. The maximum Gasteiger partial charge on any atom is 0.263 e. The van der Waals surface area contributed by atoms with Crippen LogP contribution in [-0.4, -0.2) is 93.7 Å². The number of halogens is 1. The number of nitrogen functional groups attached to an aromatic ring is 1. The van der Waals surface area contributed by atoms with Crippen LogP contribution in [0.15, 0.2) is 30.9 Å². The van der Waals surface area contributed by atoms with Crippen molar-refractivity contribution in [3.05, 3.63) is 42.2 Å². The second-order valence-corrected chi connectivity index (χ2v) is 12.2. The Kier molecular flexibility index (Phi) is 6.40. The first-order chi connectivity index (χ1) is 18.3. The van der Waals surface area contributed by atoms with Crippen LogP contribution in [-0.2, 0) is 10.0 Å². The molecule has 4 aliphatic rings. The summed E-state index contributed by atoms with van der Waals surface area (Å²) in [6.07, 6.45) is 8.06. The van der Waals surface area contributed by atoms with Crippen molar-refractivity contribution < 1.29 is 17.6 Å². The molecule has 3 N–H and O–H groups in total. The van der Waals surface area contributed by atoms with Crippen LogP contribution in [0.1, 0.15) is 36.0 Å². The molecule has 1 amide bonds. The number of pyridine rings is 1. The molecule has 12 nitrogen and oxygen atoms in total. The molecule has 14 heteroatoms. The van der Waals surface area contributed by atoms with Gasteiger partial charge in [0.1, 0.15) is 5.56 Å². The molecule has 0 spiro atoms. The quantitative estimate of drug-likeness (QED) is 0.485. The number of anilines is 3. The lowest BCUT2D eigenvalue weighted by atomic mass is 10.1. The molecule has 4 aliphatic heterocycles. The number of piperidine rings is 2. The number of nitrogens with one attached hydrogen (secondary N) is 1. The first-order valence-corrected chi connectivity index (χ1v) is 14.3. The van der Waals surface area contributed by atoms with Crippen molar-refractivity contribution in [2.45, 2.75) is 37.0 Å². The van der Waals surface area contributed by atoms with Gasteiger partial charge in [0.25, 0.3) is 5.91 Å². The minimum atomic E-state index is -3.39. The minimum Gasteiger partial charge on any atom is -0.381 e. The zero-order valence-corrected chi connectivity index (χ0v) is 21.6. The molecular formula is C24H30FN9O3S. The third kappa shape index (κ3) is 4.46. The van der Waals surface area contributed by atoms with Crippen LogP contribution in [0.3, 0.4) is 0 Å². The first-order valence-electron chi connectivity index (χ1n) is 12.8. The van der Waals surface area contributed by atoms with Crippen LogP contribution in [0.25, 0.3) is 5.65 Å². The molecule has 0 radical (unpaired) electrons. The van der Waals surface area contributed by atoms with Gasteiger partial charge in [-0.1, -0.05) is 0 Å². The highest BCUT2D eigenvalue weighted by molar-refractivity contribution is 7.89. The standard InChI is InChI=1S/C24H30FN9O3S/c25-16-13-28-23-21(22(26)30-33(23)15-16)24(35)29-19-14-27-6-1-20(19)32-9-4-18(5-10-32)38(36,37)34-12-11-31-7-2-17(34)3-8-31/h1,6,13-15,17-18H,2-5,7-12H2,(H2,26,30)(H,29,35). The van der Waals surface area contributed by atoms with Gasteiger partial charge in [0.15, 0.2) is 17.3 Å². The lowest BCUT2D eigenvalue weighted by molar-refractivity contribution is 0.102. The molecule has 0 unspecified atom stereocenters. The number of amides is 1. The van der Waals surface area contributed by atoms with Crippen molar-refractivity contribution in [1.82, 2.24) is 28.8 Å². The Bertz CT molecular complexity index is 1460. The van der Waals surface area contributed by atoms with Crippen molar-refractivity contribution in [3.63, 3.8) is 0 Å². The fourth-order valence-corrected chi connectivity index (χ4v) is 8.02. The van der Waals surface area contributed by atoms with Crippen LogP contribution in [0.2, 0.25) is 0 Å². The summed E-state index contributed by atoms with van der Waals surface area (Å²) in [5.74, 6) is -1.22. The summed E-state index contributed by atoms with van der Waals surface area (Å²) in [6, 6.07) is 1.90. The van der Waals surface area contributed by atoms with Gasteiger partial charge in [-0.3, -0.25) is 9.78 Å². The number of rotatable bonds is 5. The van der Waals surface area contributed by atoms with Crippen LogP contribution in [0, 0.1) is 5.82 Å². The second kappa shape index (κ2) is 9.75. The smallest absolute Gasteiger partial charge is 0.263 e. The summed E-state index contributed by atoms with van der Waals surface area (Å²) in [6.45, 7) is 4.37. The van der Waals surface area contributed by atoms with Crippen LogP contribution < -0.4 is 16.0 Å². The zero-order chi connectivity index (χ0) is 26.4. The van der Waals surface area contributed by atoms with E-state index in [0.29, 0.717) is 38.2 Å². The highest BCUT2D eigenvalue weighted by Crippen LogP contribution is 2.33. The zero-order valence-electron chi connectivity index (χ0n) is 20.8. The Morgan fingerprint density at radius 1 is 1.05 bits per heavy atom. The Labute approximate surface area is 219 Å². The van der Waals surface area contributed by atoms with Gasteiger partial charge in [-0.25, -0.2) is 22.3 Å². The van der Waals surface area contributed by atoms with Crippen LogP contribution >= 0.6 is 0 Å². The summed E-state index contributed by atoms with van der Waals surface area (Å²) in [5.41, 5.74) is 7.31.